The number of carbonyl (C=O) groups is 1. The average molecular weight is 249 g/mol. The molecule has 0 aliphatic heterocycles. The van der Waals surface area contributed by atoms with Crippen LogP contribution in [0.5, 0.6) is 5.75 Å². The summed E-state index contributed by atoms with van der Waals surface area (Å²) in [5.74, 6) is 0.741. The highest BCUT2D eigenvalue weighted by atomic mass is 79.9. The van der Waals surface area contributed by atoms with E-state index < -0.39 is 11.8 Å². The number of halogens is 2. The largest absolute Gasteiger partial charge is 0.424 e. The number of benzene rings is 1. The van der Waals surface area contributed by atoms with E-state index in [2.05, 4.69) is 20.7 Å². The predicted octanol–water partition coefficient (Wildman–Crippen LogP) is 2.76. The van der Waals surface area contributed by atoms with E-state index in [0.29, 0.717) is 0 Å². The van der Waals surface area contributed by atoms with E-state index in [4.69, 9.17) is 0 Å². The van der Waals surface area contributed by atoms with Crippen LogP contribution >= 0.6 is 15.9 Å². The molecule has 1 aromatic rings. The molecule has 0 aliphatic carbocycles. The first kappa shape index (κ1) is 12.1. The molecule has 0 fully saturated rings. The maximum atomic E-state index is 12.7. The van der Waals surface area contributed by atoms with Crippen LogP contribution in [0.1, 0.15) is 6.92 Å². The van der Waals surface area contributed by atoms with Crippen molar-refractivity contribution in [3.8, 4) is 5.75 Å². The first-order valence-electron chi connectivity index (χ1n) is 3.51. The molecule has 0 saturated carbocycles. The summed E-state index contributed by atoms with van der Waals surface area (Å²) in [5, 5.41) is 0. The van der Waals surface area contributed by atoms with Gasteiger partial charge in [-0.2, -0.15) is 0 Å². The number of hydrogen-bond donors (Lipinski definition) is 0. The van der Waals surface area contributed by atoms with Gasteiger partial charge in [0, 0.05) is 6.92 Å². The molecule has 0 atom stereocenters. The Hall–Kier alpha value is -0.900. The first-order valence-corrected chi connectivity index (χ1v) is 5.09. The molecular weight excluding hydrogens is 239 g/mol. The Morgan fingerprint density at radius 2 is 1.92 bits per heavy atom. The quantitative estimate of drug-likeness (QED) is 0.434. The van der Waals surface area contributed by atoms with Gasteiger partial charge in [-0.15, -0.1) is 0 Å². The summed E-state index contributed by atoms with van der Waals surface area (Å²) in [7, 11) is 0. The molecule has 0 heterocycles. The van der Waals surface area contributed by atoms with Gasteiger partial charge < -0.3 is 4.74 Å². The number of carbonyl (C=O) groups excluding carboxylic acids is 1. The lowest BCUT2D eigenvalue weighted by atomic mass is 10.3. The van der Waals surface area contributed by atoms with Gasteiger partial charge in [0.2, 0.25) is 0 Å². The molecule has 72 valence electrons. The SMILES string of the molecule is CBr.CC(=O)Oc1ccccc1F. The fourth-order valence-electron chi connectivity index (χ4n) is 0.682. The maximum Gasteiger partial charge on any atom is 0.308 e. The van der Waals surface area contributed by atoms with Crippen molar-refractivity contribution in [1.82, 2.24) is 0 Å². The molecule has 0 aromatic heterocycles. The first-order chi connectivity index (χ1) is 6.20. The van der Waals surface area contributed by atoms with Crippen molar-refractivity contribution in [1.29, 1.82) is 0 Å². The minimum atomic E-state index is -0.525. The topological polar surface area (TPSA) is 26.3 Å². The summed E-state index contributed by atoms with van der Waals surface area (Å²) in [6.45, 7) is 1.23. The van der Waals surface area contributed by atoms with E-state index >= 15 is 0 Å². The van der Waals surface area contributed by atoms with Gasteiger partial charge >= 0.3 is 5.97 Å². The van der Waals surface area contributed by atoms with Crippen LogP contribution in [0.15, 0.2) is 24.3 Å². The van der Waals surface area contributed by atoms with Gasteiger partial charge in [-0.25, -0.2) is 4.39 Å². The molecule has 0 saturated heterocycles. The molecular formula is C9H10BrFO2. The van der Waals surface area contributed by atoms with Crippen molar-refractivity contribution in [2.24, 2.45) is 0 Å². The van der Waals surface area contributed by atoms with Crippen LogP contribution < -0.4 is 4.74 Å². The van der Waals surface area contributed by atoms with Crippen LogP contribution in [0.4, 0.5) is 4.39 Å². The predicted molar refractivity (Wildman–Crippen MR) is 52.6 cm³/mol. The maximum absolute atomic E-state index is 12.7. The van der Waals surface area contributed by atoms with Gasteiger partial charge in [-0.05, 0) is 18.0 Å². The molecule has 0 bridgehead atoms. The molecule has 0 unspecified atom stereocenters. The highest BCUT2D eigenvalue weighted by Crippen LogP contribution is 2.14. The summed E-state index contributed by atoms with van der Waals surface area (Å²) in [6, 6.07) is 5.76. The van der Waals surface area contributed by atoms with Gasteiger partial charge in [-0.3, -0.25) is 4.79 Å². The van der Waals surface area contributed by atoms with E-state index in [-0.39, 0.29) is 5.75 Å². The van der Waals surface area contributed by atoms with Gasteiger partial charge in [-0.1, -0.05) is 28.1 Å². The van der Waals surface area contributed by atoms with E-state index in [1.807, 2.05) is 5.83 Å². The van der Waals surface area contributed by atoms with Crippen LogP contribution in [0, 0.1) is 5.82 Å². The van der Waals surface area contributed by atoms with Crippen LogP contribution in [0.3, 0.4) is 0 Å². The summed E-state index contributed by atoms with van der Waals surface area (Å²) in [5.41, 5.74) is 0. The highest BCUT2D eigenvalue weighted by Gasteiger charge is 2.02. The molecule has 0 amide bonds. The molecule has 1 rings (SSSR count). The van der Waals surface area contributed by atoms with Crippen molar-refractivity contribution >= 4 is 21.9 Å². The van der Waals surface area contributed by atoms with Crippen LogP contribution in [0.25, 0.3) is 0 Å². The highest BCUT2D eigenvalue weighted by molar-refractivity contribution is 9.08. The molecule has 0 radical (unpaired) electrons. The number of hydrogen-bond acceptors (Lipinski definition) is 2. The van der Waals surface area contributed by atoms with Gasteiger partial charge in [0.15, 0.2) is 11.6 Å². The third-order valence-electron chi connectivity index (χ3n) is 1.09. The van der Waals surface area contributed by atoms with Crippen LogP contribution in [-0.4, -0.2) is 11.8 Å². The number of alkyl halides is 1. The Balaban J connectivity index is 0.000000671. The Labute approximate surface area is 84.8 Å². The zero-order valence-corrected chi connectivity index (χ0v) is 8.97. The second-order valence-electron chi connectivity index (χ2n) is 2.02. The fourth-order valence-corrected chi connectivity index (χ4v) is 0.682. The molecule has 13 heavy (non-hydrogen) atoms. The summed E-state index contributed by atoms with van der Waals surface area (Å²) in [4.78, 5) is 10.4. The third-order valence-corrected chi connectivity index (χ3v) is 1.09. The second-order valence-corrected chi connectivity index (χ2v) is 2.02. The van der Waals surface area contributed by atoms with E-state index in [0.717, 1.165) is 0 Å². The Morgan fingerprint density at radius 3 is 2.38 bits per heavy atom. The smallest absolute Gasteiger partial charge is 0.308 e. The van der Waals surface area contributed by atoms with Gasteiger partial charge in [0.1, 0.15) is 0 Å². The number of ether oxygens (including phenoxy) is 1. The molecule has 4 heteroatoms. The molecule has 1 aromatic carbocycles. The standard InChI is InChI=1S/C8H7FO2.CH3Br/c1-6(10)11-8-5-3-2-4-7(8)9;1-2/h2-5H,1H3;1H3. The van der Waals surface area contributed by atoms with Crippen molar-refractivity contribution in [2.75, 3.05) is 5.83 Å². The zero-order valence-electron chi connectivity index (χ0n) is 7.38. The summed E-state index contributed by atoms with van der Waals surface area (Å²) < 4.78 is 17.2. The van der Waals surface area contributed by atoms with Crippen molar-refractivity contribution in [2.45, 2.75) is 6.92 Å². The number of rotatable bonds is 1. The lowest BCUT2D eigenvalue weighted by molar-refractivity contribution is -0.132. The van der Waals surface area contributed by atoms with E-state index in [9.17, 15) is 9.18 Å². The minimum Gasteiger partial charge on any atom is -0.424 e. The third kappa shape index (κ3) is 4.62. The van der Waals surface area contributed by atoms with Crippen LogP contribution in [0.2, 0.25) is 0 Å². The lowest BCUT2D eigenvalue weighted by Gasteiger charge is -2.00. The monoisotopic (exact) mass is 248 g/mol. The van der Waals surface area contributed by atoms with Crippen molar-refractivity contribution in [3.05, 3.63) is 30.1 Å². The second kappa shape index (κ2) is 6.60. The van der Waals surface area contributed by atoms with Gasteiger partial charge in [0.25, 0.3) is 0 Å². The summed E-state index contributed by atoms with van der Waals surface area (Å²) in [6.07, 6.45) is 0. The Morgan fingerprint density at radius 1 is 1.38 bits per heavy atom. The number of para-hydroxylation sites is 1. The number of esters is 1. The van der Waals surface area contributed by atoms with E-state index in [1.165, 1.54) is 25.1 Å². The van der Waals surface area contributed by atoms with E-state index in [1.54, 1.807) is 6.07 Å². The van der Waals surface area contributed by atoms with Crippen molar-refractivity contribution < 1.29 is 13.9 Å². The molecule has 0 spiro atoms. The van der Waals surface area contributed by atoms with Crippen LogP contribution in [-0.2, 0) is 4.79 Å². The van der Waals surface area contributed by atoms with Crippen molar-refractivity contribution in [3.63, 3.8) is 0 Å². The Bertz CT molecular complexity index is 276. The summed E-state index contributed by atoms with van der Waals surface area (Å²) >= 11 is 2.94. The fraction of sp³-hybridized carbons (Fsp3) is 0.222. The van der Waals surface area contributed by atoms with Gasteiger partial charge in [0.05, 0.1) is 0 Å². The normalized spacial score (nSPS) is 8.31. The average Bonchev–Trinajstić information content (AvgIpc) is 2.12. The Kier molecular flexibility index (Phi) is 6.14. The molecule has 2 nitrogen and oxygen atoms in total. The molecule has 0 aliphatic rings. The molecule has 0 N–H and O–H groups in total. The minimum absolute atomic E-state index is 0.0278. The zero-order chi connectivity index (χ0) is 10.3. The lowest BCUT2D eigenvalue weighted by Crippen LogP contribution is -2.02.